The molecule has 1 aromatic heterocycles. The molecule has 33 heavy (non-hydrogen) atoms. The van der Waals surface area contributed by atoms with E-state index in [1.54, 1.807) is 0 Å². The van der Waals surface area contributed by atoms with Crippen molar-refractivity contribution in [3.63, 3.8) is 0 Å². The first kappa shape index (κ1) is 18.7. The summed E-state index contributed by atoms with van der Waals surface area (Å²) in [6.07, 6.45) is 0. The molecule has 0 radical (unpaired) electrons. The van der Waals surface area contributed by atoms with Crippen LogP contribution in [0, 0.1) is 6.92 Å². The van der Waals surface area contributed by atoms with Crippen LogP contribution in [0.4, 0.5) is 0 Å². The minimum atomic E-state index is -0.0592. The smallest absolute Gasteiger partial charge is 0.0617 e. The molecule has 0 bridgehead atoms. The number of aromatic nitrogens is 1. The maximum Gasteiger partial charge on any atom is 0.0617 e. The lowest BCUT2D eigenvalue weighted by Gasteiger charge is -2.21. The van der Waals surface area contributed by atoms with Crippen molar-refractivity contribution in [2.45, 2.75) is 26.2 Å². The highest BCUT2D eigenvalue weighted by Crippen LogP contribution is 2.55. The number of rotatable bonds is 1. The zero-order valence-electron chi connectivity index (χ0n) is 19.2. The van der Waals surface area contributed by atoms with Gasteiger partial charge in [0.25, 0.3) is 0 Å². The average molecular weight is 424 g/mol. The summed E-state index contributed by atoms with van der Waals surface area (Å²) in [6, 6.07) is 35.7. The highest BCUT2D eigenvalue weighted by atomic mass is 15.0. The van der Waals surface area contributed by atoms with E-state index in [0.29, 0.717) is 0 Å². The van der Waals surface area contributed by atoms with Gasteiger partial charge in [-0.15, -0.1) is 0 Å². The van der Waals surface area contributed by atoms with Gasteiger partial charge in [-0.05, 0) is 34.4 Å². The third kappa shape index (κ3) is 2.32. The number of aryl methyl sites for hydroxylation is 1. The molecule has 1 aliphatic rings. The molecular formula is C32H25N. The van der Waals surface area contributed by atoms with E-state index < -0.39 is 0 Å². The fraction of sp³-hybridized carbons (Fsp3) is 0.125. The Morgan fingerprint density at radius 1 is 0.606 bits per heavy atom. The van der Waals surface area contributed by atoms with Gasteiger partial charge in [0.2, 0.25) is 0 Å². The third-order valence-corrected chi connectivity index (χ3v) is 7.66. The molecule has 158 valence electrons. The van der Waals surface area contributed by atoms with Gasteiger partial charge in [-0.25, -0.2) is 0 Å². The molecule has 0 atom stereocenters. The Morgan fingerprint density at radius 3 is 2.06 bits per heavy atom. The van der Waals surface area contributed by atoms with Crippen molar-refractivity contribution in [2.75, 3.05) is 0 Å². The second-order valence-electron chi connectivity index (χ2n) is 9.86. The van der Waals surface area contributed by atoms with Gasteiger partial charge < -0.3 is 4.57 Å². The number of hydrogen-bond donors (Lipinski definition) is 0. The van der Waals surface area contributed by atoms with Crippen LogP contribution in [0.2, 0.25) is 0 Å². The molecule has 5 aromatic carbocycles. The van der Waals surface area contributed by atoms with Gasteiger partial charge in [-0.1, -0.05) is 111 Å². The number of fused-ring (bicyclic) bond motifs is 8. The lowest BCUT2D eigenvalue weighted by Crippen LogP contribution is -2.14. The molecule has 0 aliphatic heterocycles. The van der Waals surface area contributed by atoms with Gasteiger partial charge in [0.05, 0.1) is 16.9 Å². The number of hydrogen-bond acceptors (Lipinski definition) is 0. The third-order valence-electron chi connectivity index (χ3n) is 7.66. The van der Waals surface area contributed by atoms with Crippen molar-refractivity contribution in [3.05, 3.63) is 114 Å². The van der Waals surface area contributed by atoms with Gasteiger partial charge in [-0.2, -0.15) is 0 Å². The van der Waals surface area contributed by atoms with Crippen LogP contribution in [0.15, 0.2) is 97.1 Å². The van der Waals surface area contributed by atoms with Gasteiger partial charge in [0.1, 0.15) is 0 Å². The first-order valence-corrected chi connectivity index (χ1v) is 11.7. The molecule has 1 aliphatic carbocycles. The van der Waals surface area contributed by atoms with E-state index in [1.807, 2.05) is 0 Å². The van der Waals surface area contributed by atoms with Crippen molar-refractivity contribution in [1.82, 2.24) is 4.57 Å². The molecule has 0 amide bonds. The summed E-state index contributed by atoms with van der Waals surface area (Å²) >= 11 is 0. The van der Waals surface area contributed by atoms with E-state index >= 15 is 0 Å². The zero-order valence-corrected chi connectivity index (χ0v) is 19.2. The van der Waals surface area contributed by atoms with E-state index in [4.69, 9.17) is 0 Å². The highest BCUT2D eigenvalue weighted by Gasteiger charge is 2.41. The van der Waals surface area contributed by atoms with Crippen molar-refractivity contribution in [3.8, 4) is 16.9 Å². The molecule has 0 fully saturated rings. The van der Waals surface area contributed by atoms with Crippen LogP contribution in [0.5, 0.6) is 0 Å². The Labute approximate surface area is 193 Å². The highest BCUT2D eigenvalue weighted by molar-refractivity contribution is 6.13. The lowest BCUT2D eigenvalue weighted by atomic mass is 9.81. The van der Waals surface area contributed by atoms with Crippen molar-refractivity contribution in [1.29, 1.82) is 0 Å². The van der Waals surface area contributed by atoms with E-state index in [2.05, 4.69) is 122 Å². The van der Waals surface area contributed by atoms with Crippen LogP contribution < -0.4 is 0 Å². The Balaban J connectivity index is 1.80. The molecular weight excluding hydrogens is 398 g/mol. The first-order valence-electron chi connectivity index (χ1n) is 11.7. The first-order chi connectivity index (χ1) is 16.1. The van der Waals surface area contributed by atoms with E-state index in [0.717, 1.165) is 0 Å². The Morgan fingerprint density at radius 2 is 1.24 bits per heavy atom. The molecule has 0 N–H and O–H groups in total. The summed E-state index contributed by atoms with van der Waals surface area (Å²) in [7, 11) is 0. The monoisotopic (exact) mass is 423 g/mol. The Bertz CT molecular complexity index is 1750. The molecule has 0 unspecified atom stereocenters. The second kappa shape index (κ2) is 6.36. The number of nitrogens with zero attached hydrogens (tertiary/aromatic N) is 1. The zero-order chi connectivity index (χ0) is 22.3. The fourth-order valence-corrected chi connectivity index (χ4v) is 6.19. The van der Waals surface area contributed by atoms with Crippen LogP contribution in [0.3, 0.4) is 0 Å². The maximum absolute atomic E-state index is 2.58. The molecule has 1 heteroatoms. The summed E-state index contributed by atoms with van der Waals surface area (Å²) < 4.78 is 2.58. The minimum Gasteiger partial charge on any atom is -0.307 e. The van der Waals surface area contributed by atoms with E-state index in [9.17, 15) is 0 Å². The van der Waals surface area contributed by atoms with Crippen LogP contribution >= 0.6 is 0 Å². The molecule has 1 heterocycles. The van der Waals surface area contributed by atoms with Crippen molar-refractivity contribution >= 4 is 32.4 Å². The van der Waals surface area contributed by atoms with E-state index in [1.165, 1.54) is 66.1 Å². The van der Waals surface area contributed by atoms with Gasteiger partial charge >= 0.3 is 0 Å². The van der Waals surface area contributed by atoms with Crippen LogP contribution in [-0.4, -0.2) is 4.57 Å². The molecule has 0 saturated heterocycles. The predicted octanol–water partition coefficient (Wildman–Crippen LogP) is 8.55. The normalized spacial score (nSPS) is 14.2. The standard InChI is InChI=1S/C32H25N/c1-20-16-17-21-10-4-6-12-23(21)29(20)33-30-24-13-7-5-11-22(24)18-19-26(30)28-31(33)25-14-8-9-15-27(25)32(28,2)3/h4-19H,1-3H3. The van der Waals surface area contributed by atoms with Crippen LogP contribution in [-0.2, 0) is 5.41 Å². The largest absolute Gasteiger partial charge is 0.307 e. The fourth-order valence-electron chi connectivity index (χ4n) is 6.19. The summed E-state index contributed by atoms with van der Waals surface area (Å²) in [6.45, 7) is 7.01. The Hall–Kier alpha value is -3.84. The lowest BCUT2D eigenvalue weighted by molar-refractivity contribution is 0.666. The van der Waals surface area contributed by atoms with Gasteiger partial charge in [-0.3, -0.25) is 0 Å². The second-order valence-corrected chi connectivity index (χ2v) is 9.86. The van der Waals surface area contributed by atoms with Gasteiger partial charge in [0, 0.05) is 27.1 Å². The molecule has 6 aromatic rings. The summed E-state index contributed by atoms with van der Waals surface area (Å²) in [4.78, 5) is 0. The maximum atomic E-state index is 2.58. The summed E-state index contributed by atoms with van der Waals surface area (Å²) in [5.74, 6) is 0. The van der Waals surface area contributed by atoms with Crippen molar-refractivity contribution < 1.29 is 0 Å². The summed E-state index contributed by atoms with van der Waals surface area (Å²) in [5, 5.41) is 6.53. The number of benzene rings is 5. The van der Waals surface area contributed by atoms with Crippen LogP contribution in [0.1, 0.15) is 30.5 Å². The van der Waals surface area contributed by atoms with Crippen molar-refractivity contribution in [2.24, 2.45) is 0 Å². The molecule has 7 rings (SSSR count). The van der Waals surface area contributed by atoms with E-state index in [-0.39, 0.29) is 5.41 Å². The SMILES string of the molecule is Cc1ccc2ccccc2c1-n1c2c(c3ccc4ccccc4c31)C(C)(C)c1ccccc1-2. The van der Waals surface area contributed by atoms with Gasteiger partial charge in [0.15, 0.2) is 0 Å². The molecule has 0 spiro atoms. The average Bonchev–Trinajstić information content (AvgIpc) is 3.31. The van der Waals surface area contributed by atoms with Crippen LogP contribution in [0.25, 0.3) is 49.4 Å². The molecule has 1 nitrogen and oxygen atoms in total. The predicted molar refractivity (Wildman–Crippen MR) is 141 cm³/mol. The summed E-state index contributed by atoms with van der Waals surface area (Å²) in [5.41, 5.74) is 9.41. The molecule has 0 saturated carbocycles. The quantitative estimate of drug-likeness (QED) is 0.250. The Kier molecular flexibility index (Phi) is 3.60. The topological polar surface area (TPSA) is 4.93 Å². The minimum absolute atomic E-state index is 0.0592.